The summed E-state index contributed by atoms with van der Waals surface area (Å²) in [6.45, 7) is 4.30. The van der Waals surface area contributed by atoms with Crippen LogP contribution in [0.25, 0.3) is 0 Å². The fourth-order valence-corrected chi connectivity index (χ4v) is 1.96. The summed E-state index contributed by atoms with van der Waals surface area (Å²) in [6.07, 6.45) is 1.91. The van der Waals surface area contributed by atoms with E-state index in [-0.39, 0.29) is 5.78 Å². The summed E-state index contributed by atoms with van der Waals surface area (Å²) in [5.41, 5.74) is 2.89. The monoisotopic (exact) mass is 273 g/mol. The molecule has 2 nitrogen and oxygen atoms in total. The van der Waals surface area contributed by atoms with Gasteiger partial charge in [0.25, 0.3) is 0 Å². The molecule has 0 unspecified atom stereocenters. The van der Waals surface area contributed by atoms with Crippen molar-refractivity contribution in [1.29, 1.82) is 0 Å². The molecule has 1 aromatic carbocycles. The predicted molar refractivity (Wildman–Crippen MR) is 77.8 cm³/mol. The van der Waals surface area contributed by atoms with Crippen LogP contribution in [0.3, 0.4) is 0 Å². The molecule has 0 amide bonds. The van der Waals surface area contributed by atoms with Gasteiger partial charge in [-0.25, -0.2) is 4.98 Å². The van der Waals surface area contributed by atoms with Crippen molar-refractivity contribution < 1.29 is 4.79 Å². The molecule has 0 spiro atoms. The van der Waals surface area contributed by atoms with E-state index in [0.29, 0.717) is 23.1 Å². The highest BCUT2D eigenvalue weighted by Gasteiger charge is 2.08. The van der Waals surface area contributed by atoms with Crippen LogP contribution in [-0.2, 0) is 6.42 Å². The second kappa shape index (κ2) is 5.98. The number of ketones is 1. The number of hydrogen-bond acceptors (Lipinski definition) is 2. The number of rotatable bonds is 4. The van der Waals surface area contributed by atoms with E-state index < -0.39 is 0 Å². The number of carbonyl (C=O) groups excluding carboxylic acids is 1. The third-order valence-corrected chi connectivity index (χ3v) is 3.28. The van der Waals surface area contributed by atoms with Crippen LogP contribution in [0.15, 0.2) is 42.6 Å². The van der Waals surface area contributed by atoms with Gasteiger partial charge in [0.15, 0.2) is 5.78 Å². The minimum atomic E-state index is 0.0569. The number of pyridine rings is 1. The Bertz CT molecular complexity index is 558. The normalized spacial score (nSPS) is 10.7. The van der Waals surface area contributed by atoms with E-state index in [1.165, 1.54) is 11.8 Å². The molecular formula is C16H16ClNO. The number of hydrogen-bond donors (Lipinski definition) is 0. The Morgan fingerprint density at radius 3 is 2.37 bits per heavy atom. The first-order valence-electron chi connectivity index (χ1n) is 6.30. The Labute approximate surface area is 118 Å². The van der Waals surface area contributed by atoms with E-state index in [1.807, 2.05) is 12.1 Å². The van der Waals surface area contributed by atoms with Crippen molar-refractivity contribution in [3.05, 3.63) is 64.4 Å². The van der Waals surface area contributed by atoms with Gasteiger partial charge in [0, 0.05) is 18.2 Å². The first-order chi connectivity index (χ1) is 9.06. The van der Waals surface area contributed by atoms with Gasteiger partial charge in [-0.1, -0.05) is 49.7 Å². The van der Waals surface area contributed by atoms with Crippen LogP contribution in [-0.4, -0.2) is 10.8 Å². The second-order valence-corrected chi connectivity index (χ2v) is 5.25. The Balaban J connectivity index is 2.08. The second-order valence-electron chi connectivity index (χ2n) is 4.87. The lowest BCUT2D eigenvalue weighted by molar-refractivity contribution is 0.0992. The molecule has 0 N–H and O–H groups in total. The molecule has 1 aromatic heterocycles. The lowest BCUT2D eigenvalue weighted by atomic mass is 9.99. The van der Waals surface area contributed by atoms with Crippen molar-refractivity contribution in [2.75, 3.05) is 0 Å². The molecule has 0 fully saturated rings. The number of benzene rings is 1. The minimum absolute atomic E-state index is 0.0569. The van der Waals surface area contributed by atoms with Crippen LogP contribution >= 0.6 is 11.6 Å². The quantitative estimate of drug-likeness (QED) is 0.615. The molecule has 0 aliphatic rings. The van der Waals surface area contributed by atoms with E-state index in [1.54, 1.807) is 12.1 Å². The Hall–Kier alpha value is -1.67. The Kier molecular flexibility index (Phi) is 4.33. The SMILES string of the molecule is CC(C)c1ccc(CC(=O)c2ccc(Cl)nc2)cc1. The van der Waals surface area contributed by atoms with Crippen LogP contribution in [0.2, 0.25) is 5.15 Å². The van der Waals surface area contributed by atoms with Gasteiger partial charge in [-0.05, 0) is 29.2 Å². The highest BCUT2D eigenvalue weighted by Crippen LogP contribution is 2.16. The average Bonchev–Trinajstić information content (AvgIpc) is 2.40. The van der Waals surface area contributed by atoms with E-state index in [4.69, 9.17) is 11.6 Å². The summed E-state index contributed by atoms with van der Waals surface area (Å²) in [5.74, 6) is 0.562. The van der Waals surface area contributed by atoms with E-state index in [0.717, 1.165) is 5.56 Å². The lowest BCUT2D eigenvalue weighted by Gasteiger charge is -2.06. The van der Waals surface area contributed by atoms with Crippen LogP contribution in [0.5, 0.6) is 0 Å². The molecule has 98 valence electrons. The van der Waals surface area contributed by atoms with Crippen LogP contribution in [0.4, 0.5) is 0 Å². The first kappa shape index (κ1) is 13.8. The molecule has 19 heavy (non-hydrogen) atoms. The zero-order chi connectivity index (χ0) is 13.8. The summed E-state index contributed by atoms with van der Waals surface area (Å²) in [5, 5.41) is 0.401. The summed E-state index contributed by atoms with van der Waals surface area (Å²) in [4.78, 5) is 16.0. The van der Waals surface area contributed by atoms with E-state index in [2.05, 4.69) is 31.0 Å². The zero-order valence-electron chi connectivity index (χ0n) is 11.1. The number of carbonyl (C=O) groups is 1. The van der Waals surface area contributed by atoms with Crippen molar-refractivity contribution in [2.24, 2.45) is 0 Å². The molecule has 0 saturated heterocycles. The summed E-state index contributed by atoms with van der Waals surface area (Å²) >= 11 is 5.70. The van der Waals surface area contributed by atoms with E-state index >= 15 is 0 Å². The number of Topliss-reactive ketones (excluding diaryl/α,β-unsaturated/α-hetero) is 1. The maximum atomic E-state index is 12.1. The van der Waals surface area contributed by atoms with Gasteiger partial charge >= 0.3 is 0 Å². The first-order valence-corrected chi connectivity index (χ1v) is 6.67. The van der Waals surface area contributed by atoms with Crippen molar-refractivity contribution in [3.8, 4) is 0 Å². The van der Waals surface area contributed by atoms with E-state index in [9.17, 15) is 4.79 Å². The van der Waals surface area contributed by atoms with Crippen molar-refractivity contribution in [2.45, 2.75) is 26.2 Å². The number of halogens is 1. The molecule has 3 heteroatoms. The molecule has 0 saturated carbocycles. The third kappa shape index (κ3) is 3.65. The van der Waals surface area contributed by atoms with Crippen molar-refractivity contribution in [1.82, 2.24) is 4.98 Å². The van der Waals surface area contributed by atoms with Gasteiger partial charge in [-0.2, -0.15) is 0 Å². The fraction of sp³-hybridized carbons (Fsp3) is 0.250. The highest BCUT2D eigenvalue weighted by molar-refractivity contribution is 6.29. The van der Waals surface area contributed by atoms with Gasteiger partial charge < -0.3 is 0 Å². The summed E-state index contributed by atoms with van der Waals surface area (Å²) < 4.78 is 0. The molecule has 0 aliphatic heterocycles. The predicted octanol–water partition coefficient (Wildman–Crippen LogP) is 4.28. The maximum absolute atomic E-state index is 12.1. The standard InChI is InChI=1S/C16H16ClNO/c1-11(2)13-5-3-12(4-6-13)9-15(19)14-7-8-16(17)18-10-14/h3-8,10-11H,9H2,1-2H3. The topological polar surface area (TPSA) is 30.0 Å². The van der Waals surface area contributed by atoms with Crippen LogP contribution < -0.4 is 0 Å². The Morgan fingerprint density at radius 2 is 1.84 bits per heavy atom. The zero-order valence-corrected chi connectivity index (χ0v) is 11.8. The average molecular weight is 274 g/mol. The van der Waals surface area contributed by atoms with Gasteiger partial charge in [0.05, 0.1) is 0 Å². The number of nitrogens with zero attached hydrogens (tertiary/aromatic N) is 1. The summed E-state index contributed by atoms with van der Waals surface area (Å²) in [7, 11) is 0. The fourth-order valence-electron chi connectivity index (χ4n) is 1.85. The van der Waals surface area contributed by atoms with Crippen LogP contribution in [0, 0.1) is 0 Å². The molecule has 0 atom stereocenters. The van der Waals surface area contributed by atoms with Crippen LogP contribution in [0.1, 0.15) is 41.3 Å². The molecule has 2 aromatic rings. The Morgan fingerprint density at radius 1 is 1.16 bits per heavy atom. The van der Waals surface area contributed by atoms with Crippen molar-refractivity contribution >= 4 is 17.4 Å². The third-order valence-electron chi connectivity index (χ3n) is 3.06. The number of aromatic nitrogens is 1. The van der Waals surface area contributed by atoms with Crippen molar-refractivity contribution in [3.63, 3.8) is 0 Å². The minimum Gasteiger partial charge on any atom is -0.294 e. The molecule has 0 aliphatic carbocycles. The van der Waals surface area contributed by atoms with Gasteiger partial charge in [-0.15, -0.1) is 0 Å². The van der Waals surface area contributed by atoms with Gasteiger partial charge in [0.1, 0.15) is 5.15 Å². The molecule has 1 heterocycles. The summed E-state index contributed by atoms with van der Waals surface area (Å²) in [6, 6.07) is 11.5. The lowest BCUT2D eigenvalue weighted by Crippen LogP contribution is -2.04. The van der Waals surface area contributed by atoms with Gasteiger partial charge in [-0.3, -0.25) is 4.79 Å². The molecule has 0 bridgehead atoms. The molecule has 2 rings (SSSR count). The molecular weight excluding hydrogens is 258 g/mol. The largest absolute Gasteiger partial charge is 0.294 e. The molecule has 0 radical (unpaired) electrons. The highest BCUT2D eigenvalue weighted by atomic mass is 35.5. The van der Waals surface area contributed by atoms with Gasteiger partial charge in [0.2, 0.25) is 0 Å². The maximum Gasteiger partial charge on any atom is 0.168 e. The smallest absolute Gasteiger partial charge is 0.168 e.